The summed E-state index contributed by atoms with van der Waals surface area (Å²) in [4.78, 5) is 11.7. The zero-order valence-electron chi connectivity index (χ0n) is 8.37. The van der Waals surface area contributed by atoms with Gasteiger partial charge in [-0.05, 0) is 24.3 Å². The van der Waals surface area contributed by atoms with Crippen LogP contribution in [0, 0.1) is 5.82 Å². The lowest BCUT2D eigenvalue weighted by Gasteiger charge is -2.08. The van der Waals surface area contributed by atoms with Crippen LogP contribution in [0.4, 0.5) is 10.1 Å². The van der Waals surface area contributed by atoms with Gasteiger partial charge in [0, 0.05) is 18.5 Å². The van der Waals surface area contributed by atoms with Crippen LogP contribution in [0.2, 0.25) is 0 Å². The number of benzene rings is 1. The van der Waals surface area contributed by atoms with Gasteiger partial charge in [-0.3, -0.25) is 4.79 Å². The first-order valence-electron chi connectivity index (χ1n) is 5.15. The molecule has 0 spiro atoms. The Balaban J connectivity index is 1.96. The Bertz CT molecular complexity index is 344. The summed E-state index contributed by atoms with van der Waals surface area (Å²) in [7, 11) is 0. The molecule has 0 bridgehead atoms. The molecule has 1 saturated heterocycles. The van der Waals surface area contributed by atoms with E-state index in [9.17, 15) is 9.18 Å². The number of hydrogen-bond acceptors (Lipinski definition) is 1. The minimum Gasteiger partial charge on any atom is -0.336 e. The summed E-state index contributed by atoms with van der Waals surface area (Å²) in [6.07, 6.45) is 2.01. The minimum atomic E-state index is -0.291. The third-order valence-corrected chi connectivity index (χ3v) is 2.62. The van der Waals surface area contributed by atoms with Gasteiger partial charge < -0.3 is 10.6 Å². The minimum absolute atomic E-state index is 0.0131. The van der Waals surface area contributed by atoms with Gasteiger partial charge in [-0.1, -0.05) is 0 Å². The normalized spacial score (nSPS) is 20.2. The molecule has 0 radical (unpaired) electrons. The molecule has 1 aromatic rings. The van der Waals surface area contributed by atoms with Crippen molar-refractivity contribution in [2.24, 2.45) is 0 Å². The summed E-state index contributed by atoms with van der Waals surface area (Å²) in [6.45, 7) is 1.02. The first kappa shape index (κ1) is 10.1. The summed E-state index contributed by atoms with van der Waals surface area (Å²) in [5.41, 5.74) is 0.654. The molecule has 3 nitrogen and oxygen atoms in total. The van der Waals surface area contributed by atoms with E-state index in [0.717, 1.165) is 19.4 Å². The molecule has 1 fully saturated rings. The molecule has 0 aromatic heterocycles. The van der Waals surface area contributed by atoms with E-state index in [1.54, 1.807) is 12.1 Å². The lowest BCUT2D eigenvalue weighted by molar-refractivity contribution is -0.656. The maximum Gasteiger partial charge on any atom is 0.282 e. The van der Waals surface area contributed by atoms with E-state index in [4.69, 9.17) is 0 Å². The molecule has 1 atom stereocenters. The smallest absolute Gasteiger partial charge is 0.282 e. The van der Waals surface area contributed by atoms with E-state index in [1.165, 1.54) is 12.1 Å². The molecule has 1 aromatic carbocycles. The second-order valence-corrected chi connectivity index (χ2v) is 3.77. The first-order chi connectivity index (χ1) is 7.25. The third-order valence-electron chi connectivity index (χ3n) is 2.62. The van der Waals surface area contributed by atoms with E-state index in [-0.39, 0.29) is 17.8 Å². The van der Waals surface area contributed by atoms with Crippen molar-refractivity contribution in [1.29, 1.82) is 0 Å². The molecule has 15 heavy (non-hydrogen) atoms. The van der Waals surface area contributed by atoms with Crippen LogP contribution in [0.5, 0.6) is 0 Å². The van der Waals surface area contributed by atoms with Crippen molar-refractivity contribution >= 4 is 11.6 Å². The Morgan fingerprint density at radius 3 is 2.73 bits per heavy atom. The molecular formula is C11H14FN2O+. The molecule has 0 aliphatic carbocycles. The molecule has 1 aliphatic heterocycles. The van der Waals surface area contributed by atoms with Crippen LogP contribution < -0.4 is 10.6 Å². The molecule has 4 heteroatoms. The van der Waals surface area contributed by atoms with Gasteiger partial charge in [0.25, 0.3) is 5.91 Å². The Morgan fingerprint density at radius 1 is 1.40 bits per heavy atom. The molecule has 1 aliphatic rings. The highest BCUT2D eigenvalue weighted by atomic mass is 19.1. The van der Waals surface area contributed by atoms with Crippen molar-refractivity contribution in [2.75, 3.05) is 11.9 Å². The largest absolute Gasteiger partial charge is 0.336 e. The Hall–Kier alpha value is -1.42. The van der Waals surface area contributed by atoms with Crippen LogP contribution in [-0.2, 0) is 4.79 Å². The van der Waals surface area contributed by atoms with E-state index in [0.29, 0.717) is 5.69 Å². The molecule has 1 amide bonds. The molecule has 0 saturated carbocycles. The number of nitrogens with one attached hydrogen (secondary N) is 1. The lowest BCUT2D eigenvalue weighted by atomic mass is 10.2. The molecule has 0 unspecified atom stereocenters. The fourth-order valence-electron chi connectivity index (χ4n) is 1.78. The van der Waals surface area contributed by atoms with Crippen molar-refractivity contribution in [3.05, 3.63) is 30.1 Å². The second kappa shape index (κ2) is 4.40. The fourth-order valence-corrected chi connectivity index (χ4v) is 1.78. The average molecular weight is 209 g/mol. The van der Waals surface area contributed by atoms with Gasteiger partial charge in [0.15, 0.2) is 6.04 Å². The van der Waals surface area contributed by atoms with Crippen LogP contribution in [0.15, 0.2) is 24.3 Å². The monoisotopic (exact) mass is 209 g/mol. The number of quaternary nitrogens is 1. The highest BCUT2D eigenvalue weighted by molar-refractivity contribution is 5.93. The van der Waals surface area contributed by atoms with E-state index >= 15 is 0 Å². The van der Waals surface area contributed by atoms with Gasteiger partial charge >= 0.3 is 0 Å². The predicted molar refractivity (Wildman–Crippen MR) is 54.8 cm³/mol. The summed E-state index contributed by atoms with van der Waals surface area (Å²) in [6, 6.07) is 5.85. The van der Waals surface area contributed by atoms with Crippen LogP contribution >= 0.6 is 0 Å². The number of carbonyl (C=O) groups excluding carboxylic acids is 1. The maximum atomic E-state index is 12.6. The number of hydrogen-bond donors (Lipinski definition) is 2. The SMILES string of the molecule is O=C(Nc1ccc(F)cc1)[C@H]1CCC[NH2+]1. The Kier molecular flexibility index (Phi) is 2.97. The molecular weight excluding hydrogens is 195 g/mol. The summed E-state index contributed by atoms with van der Waals surface area (Å²) >= 11 is 0. The Morgan fingerprint density at radius 2 is 2.13 bits per heavy atom. The number of nitrogens with two attached hydrogens (primary N) is 1. The van der Waals surface area contributed by atoms with Crippen molar-refractivity contribution < 1.29 is 14.5 Å². The van der Waals surface area contributed by atoms with Crippen molar-refractivity contribution in [1.82, 2.24) is 0 Å². The quantitative estimate of drug-likeness (QED) is 0.731. The van der Waals surface area contributed by atoms with Crippen LogP contribution in [0.3, 0.4) is 0 Å². The number of amides is 1. The molecule has 1 heterocycles. The van der Waals surface area contributed by atoms with E-state index < -0.39 is 0 Å². The van der Waals surface area contributed by atoms with Crippen molar-refractivity contribution in [3.63, 3.8) is 0 Å². The van der Waals surface area contributed by atoms with Crippen molar-refractivity contribution in [3.8, 4) is 0 Å². The second-order valence-electron chi connectivity index (χ2n) is 3.77. The number of rotatable bonds is 2. The van der Waals surface area contributed by atoms with Gasteiger partial charge in [0.2, 0.25) is 0 Å². The van der Waals surface area contributed by atoms with Gasteiger partial charge in [-0.15, -0.1) is 0 Å². The van der Waals surface area contributed by atoms with Gasteiger partial charge in [-0.25, -0.2) is 4.39 Å². The van der Waals surface area contributed by atoms with Gasteiger partial charge in [-0.2, -0.15) is 0 Å². The molecule has 2 rings (SSSR count). The van der Waals surface area contributed by atoms with Crippen LogP contribution in [0.25, 0.3) is 0 Å². The zero-order chi connectivity index (χ0) is 10.7. The third kappa shape index (κ3) is 2.53. The lowest BCUT2D eigenvalue weighted by Crippen LogP contribution is -2.88. The average Bonchev–Trinajstić information content (AvgIpc) is 2.74. The summed E-state index contributed by atoms with van der Waals surface area (Å²) in [5, 5.41) is 4.81. The zero-order valence-corrected chi connectivity index (χ0v) is 8.37. The van der Waals surface area contributed by atoms with Crippen LogP contribution in [-0.4, -0.2) is 18.5 Å². The molecule has 80 valence electrons. The Labute approximate surface area is 87.7 Å². The van der Waals surface area contributed by atoms with E-state index in [1.807, 2.05) is 5.32 Å². The van der Waals surface area contributed by atoms with Crippen molar-refractivity contribution in [2.45, 2.75) is 18.9 Å². The van der Waals surface area contributed by atoms with Gasteiger partial charge in [0.1, 0.15) is 5.82 Å². The summed E-state index contributed by atoms with van der Waals surface area (Å²) < 4.78 is 12.6. The van der Waals surface area contributed by atoms with E-state index in [2.05, 4.69) is 5.32 Å². The highest BCUT2D eigenvalue weighted by Gasteiger charge is 2.25. The predicted octanol–water partition coefficient (Wildman–Crippen LogP) is 0.490. The number of anilines is 1. The summed E-state index contributed by atoms with van der Waals surface area (Å²) in [5.74, 6) is -0.278. The molecule has 3 N–H and O–H groups in total. The topological polar surface area (TPSA) is 45.7 Å². The van der Waals surface area contributed by atoms with Crippen LogP contribution in [0.1, 0.15) is 12.8 Å². The first-order valence-corrected chi connectivity index (χ1v) is 5.15. The number of carbonyl (C=O) groups is 1. The van der Waals surface area contributed by atoms with Gasteiger partial charge in [0.05, 0.1) is 6.54 Å². The fraction of sp³-hybridized carbons (Fsp3) is 0.364. The number of halogens is 1. The maximum absolute atomic E-state index is 12.6. The highest BCUT2D eigenvalue weighted by Crippen LogP contribution is 2.09. The standard InChI is InChI=1S/C11H13FN2O/c12-8-3-5-9(6-4-8)14-11(15)10-2-1-7-13-10/h3-6,10,13H,1-2,7H2,(H,14,15)/p+1/t10-/m1/s1.